The molecule has 23 heavy (non-hydrogen) atoms. The second-order valence-electron chi connectivity index (χ2n) is 6.35. The van der Waals surface area contributed by atoms with Crippen LogP contribution in [0.1, 0.15) is 19.4 Å². The number of benzene rings is 2. The van der Waals surface area contributed by atoms with E-state index in [1.54, 1.807) is 7.11 Å². The molecule has 0 bridgehead atoms. The van der Waals surface area contributed by atoms with Crippen molar-refractivity contribution in [3.05, 3.63) is 53.2 Å². The van der Waals surface area contributed by atoms with Gasteiger partial charge in [-0.2, -0.15) is 0 Å². The number of aromatic nitrogens is 1. The Morgan fingerprint density at radius 1 is 1.17 bits per heavy atom. The highest BCUT2D eigenvalue weighted by atomic mass is 35.5. The fourth-order valence-electron chi connectivity index (χ4n) is 2.80. The van der Waals surface area contributed by atoms with Crippen LogP contribution >= 0.6 is 11.6 Å². The Bertz CT molecular complexity index is 852. The molecule has 3 nitrogen and oxygen atoms in total. The third-order valence-electron chi connectivity index (χ3n) is 4.28. The number of aromatic amines is 1. The molecule has 0 amide bonds. The highest BCUT2D eigenvalue weighted by Gasteiger charge is 2.24. The largest absolute Gasteiger partial charge is 0.496 e. The molecule has 3 aromatic rings. The summed E-state index contributed by atoms with van der Waals surface area (Å²) in [6.45, 7) is 4.03. The summed E-state index contributed by atoms with van der Waals surface area (Å²) in [6.07, 6.45) is 1.90. The van der Waals surface area contributed by atoms with Crippen LogP contribution in [-0.4, -0.2) is 23.8 Å². The van der Waals surface area contributed by atoms with Gasteiger partial charge < -0.3 is 14.8 Å². The summed E-state index contributed by atoms with van der Waals surface area (Å²) in [5.41, 5.74) is 3.59. The molecule has 120 valence electrons. The van der Waals surface area contributed by atoms with E-state index in [9.17, 15) is 5.11 Å². The number of halogens is 1. The van der Waals surface area contributed by atoms with E-state index in [2.05, 4.69) is 11.1 Å². The second-order valence-corrected chi connectivity index (χ2v) is 6.76. The fourth-order valence-corrected chi connectivity index (χ4v) is 3.07. The maximum atomic E-state index is 9.61. The molecule has 0 atom stereocenters. The maximum absolute atomic E-state index is 9.61. The molecule has 0 saturated heterocycles. The molecule has 0 saturated carbocycles. The van der Waals surface area contributed by atoms with Crippen molar-refractivity contribution in [3.8, 4) is 16.9 Å². The van der Waals surface area contributed by atoms with Gasteiger partial charge in [0, 0.05) is 33.6 Å². The standard InChI is InChI=1S/C19H20ClNO2/c1-19(2,11-22)15-5-4-12(9-18(15)23-3)14-8-13-6-7-21-17(13)10-16(14)20/h4-10,21-22H,11H2,1-3H3. The first kappa shape index (κ1) is 15.9. The van der Waals surface area contributed by atoms with Crippen LogP contribution in [0.15, 0.2) is 42.6 Å². The summed E-state index contributed by atoms with van der Waals surface area (Å²) in [5.74, 6) is 0.756. The molecule has 0 radical (unpaired) electrons. The van der Waals surface area contributed by atoms with Gasteiger partial charge in [-0.1, -0.05) is 37.6 Å². The molecule has 0 spiro atoms. The minimum Gasteiger partial charge on any atom is -0.496 e. The molecule has 1 aromatic heterocycles. The first-order chi connectivity index (χ1) is 11.0. The van der Waals surface area contributed by atoms with Gasteiger partial charge in [0.1, 0.15) is 5.75 Å². The van der Waals surface area contributed by atoms with Crippen LogP contribution in [0.25, 0.3) is 22.0 Å². The molecular formula is C19H20ClNO2. The monoisotopic (exact) mass is 329 g/mol. The predicted molar refractivity (Wildman–Crippen MR) is 95.4 cm³/mol. The number of fused-ring (bicyclic) bond motifs is 1. The Labute approximate surface area is 140 Å². The van der Waals surface area contributed by atoms with E-state index in [0.717, 1.165) is 33.3 Å². The zero-order chi connectivity index (χ0) is 16.6. The first-order valence-corrected chi connectivity index (χ1v) is 7.90. The van der Waals surface area contributed by atoms with Gasteiger partial charge in [0.05, 0.1) is 18.7 Å². The Morgan fingerprint density at radius 3 is 2.65 bits per heavy atom. The highest BCUT2D eigenvalue weighted by Crippen LogP contribution is 2.38. The van der Waals surface area contributed by atoms with Gasteiger partial charge in [0.15, 0.2) is 0 Å². The number of nitrogens with one attached hydrogen (secondary N) is 1. The average Bonchev–Trinajstić information content (AvgIpc) is 3.00. The third kappa shape index (κ3) is 2.82. The van der Waals surface area contributed by atoms with Gasteiger partial charge in [0.2, 0.25) is 0 Å². The number of aliphatic hydroxyl groups excluding tert-OH is 1. The van der Waals surface area contributed by atoms with Crippen LogP contribution in [0.5, 0.6) is 5.75 Å². The zero-order valence-corrected chi connectivity index (χ0v) is 14.2. The van der Waals surface area contributed by atoms with E-state index in [1.807, 2.05) is 50.4 Å². The lowest BCUT2D eigenvalue weighted by Gasteiger charge is -2.25. The lowest BCUT2D eigenvalue weighted by atomic mass is 9.84. The number of methoxy groups -OCH3 is 1. The van der Waals surface area contributed by atoms with Gasteiger partial charge >= 0.3 is 0 Å². The van der Waals surface area contributed by atoms with Crippen molar-refractivity contribution in [2.45, 2.75) is 19.3 Å². The normalized spacial score (nSPS) is 11.9. The van der Waals surface area contributed by atoms with E-state index >= 15 is 0 Å². The Hall–Kier alpha value is -1.97. The molecule has 0 aliphatic rings. The van der Waals surface area contributed by atoms with Crippen molar-refractivity contribution in [3.63, 3.8) is 0 Å². The van der Waals surface area contributed by atoms with Gasteiger partial charge in [-0.3, -0.25) is 0 Å². The lowest BCUT2D eigenvalue weighted by molar-refractivity contribution is 0.215. The number of hydrogen-bond donors (Lipinski definition) is 2. The van der Waals surface area contributed by atoms with Crippen LogP contribution in [0, 0.1) is 0 Å². The molecule has 0 aliphatic heterocycles. The molecule has 2 N–H and O–H groups in total. The maximum Gasteiger partial charge on any atom is 0.123 e. The summed E-state index contributed by atoms with van der Waals surface area (Å²) < 4.78 is 5.55. The number of hydrogen-bond acceptors (Lipinski definition) is 2. The summed E-state index contributed by atoms with van der Waals surface area (Å²) >= 11 is 6.45. The summed E-state index contributed by atoms with van der Waals surface area (Å²) in [4.78, 5) is 3.16. The average molecular weight is 330 g/mol. The van der Waals surface area contributed by atoms with Crippen LogP contribution in [-0.2, 0) is 5.41 Å². The molecule has 1 heterocycles. The van der Waals surface area contributed by atoms with Crippen LogP contribution < -0.4 is 4.74 Å². The van der Waals surface area contributed by atoms with Crippen molar-refractivity contribution >= 4 is 22.5 Å². The van der Waals surface area contributed by atoms with Crippen molar-refractivity contribution in [2.24, 2.45) is 0 Å². The van der Waals surface area contributed by atoms with E-state index in [4.69, 9.17) is 16.3 Å². The first-order valence-electron chi connectivity index (χ1n) is 7.52. The lowest BCUT2D eigenvalue weighted by Crippen LogP contribution is -2.22. The number of rotatable bonds is 4. The van der Waals surface area contributed by atoms with Gasteiger partial charge in [0.25, 0.3) is 0 Å². The Balaban J connectivity index is 2.14. The molecular weight excluding hydrogens is 310 g/mol. The van der Waals surface area contributed by atoms with Crippen molar-refractivity contribution < 1.29 is 9.84 Å². The molecule has 0 fully saturated rings. The second kappa shape index (κ2) is 5.91. The summed E-state index contributed by atoms with van der Waals surface area (Å²) in [5, 5.41) is 11.4. The summed E-state index contributed by atoms with van der Waals surface area (Å²) in [6, 6.07) is 12.0. The zero-order valence-electron chi connectivity index (χ0n) is 13.5. The molecule has 0 unspecified atom stereocenters. The van der Waals surface area contributed by atoms with E-state index < -0.39 is 0 Å². The molecule has 2 aromatic carbocycles. The quantitative estimate of drug-likeness (QED) is 0.724. The van der Waals surface area contributed by atoms with Gasteiger partial charge in [-0.15, -0.1) is 0 Å². The summed E-state index contributed by atoms with van der Waals surface area (Å²) in [7, 11) is 1.65. The van der Waals surface area contributed by atoms with Gasteiger partial charge in [-0.05, 0) is 29.8 Å². The minimum absolute atomic E-state index is 0.0543. The number of ether oxygens (including phenoxy) is 1. The van der Waals surface area contributed by atoms with Crippen molar-refractivity contribution in [1.82, 2.24) is 4.98 Å². The van der Waals surface area contributed by atoms with E-state index in [1.165, 1.54) is 0 Å². The number of H-pyrrole nitrogens is 1. The van der Waals surface area contributed by atoms with Crippen molar-refractivity contribution in [1.29, 1.82) is 0 Å². The Morgan fingerprint density at radius 2 is 1.96 bits per heavy atom. The van der Waals surface area contributed by atoms with Crippen LogP contribution in [0.3, 0.4) is 0 Å². The highest BCUT2D eigenvalue weighted by molar-refractivity contribution is 6.34. The Kier molecular flexibility index (Phi) is 4.09. The van der Waals surface area contributed by atoms with Crippen LogP contribution in [0.2, 0.25) is 5.02 Å². The molecule has 3 rings (SSSR count). The molecule has 0 aliphatic carbocycles. The van der Waals surface area contributed by atoms with Gasteiger partial charge in [-0.25, -0.2) is 0 Å². The van der Waals surface area contributed by atoms with Crippen LogP contribution in [0.4, 0.5) is 0 Å². The minimum atomic E-state index is -0.363. The smallest absolute Gasteiger partial charge is 0.123 e. The SMILES string of the molecule is COc1cc(-c2cc3cc[nH]c3cc2Cl)ccc1C(C)(C)CO. The molecule has 4 heteroatoms. The fraction of sp³-hybridized carbons (Fsp3) is 0.263. The van der Waals surface area contributed by atoms with E-state index in [-0.39, 0.29) is 12.0 Å². The third-order valence-corrected chi connectivity index (χ3v) is 4.59. The van der Waals surface area contributed by atoms with E-state index in [0.29, 0.717) is 5.02 Å². The van der Waals surface area contributed by atoms with Crippen molar-refractivity contribution in [2.75, 3.05) is 13.7 Å². The predicted octanol–water partition coefficient (Wildman–Crippen LogP) is 4.77. The topological polar surface area (TPSA) is 45.2 Å². The number of aliphatic hydroxyl groups is 1.